The Hall–Kier alpha value is -2.13. The first-order chi connectivity index (χ1) is 9.16. The molecular formula is C16H14FNO. The van der Waals surface area contributed by atoms with Gasteiger partial charge in [0.1, 0.15) is 17.2 Å². The fourth-order valence-corrected chi connectivity index (χ4v) is 2.22. The zero-order valence-electron chi connectivity index (χ0n) is 10.6. The molecule has 3 aromatic rings. The molecule has 0 spiro atoms. The van der Waals surface area contributed by atoms with E-state index in [2.05, 4.69) is 0 Å². The summed E-state index contributed by atoms with van der Waals surface area (Å²) in [5, 5.41) is 0.973. The van der Waals surface area contributed by atoms with E-state index in [0.29, 0.717) is 16.9 Å². The minimum absolute atomic E-state index is 0.268. The van der Waals surface area contributed by atoms with E-state index in [1.807, 2.05) is 30.3 Å². The van der Waals surface area contributed by atoms with Crippen LogP contribution in [0.5, 0.6) is 0 Å². The molecule has 0 saturated heterocycles. The van der Waals surface area contributed by atoms with Gasteiger partial charge in [0, 0.05) is 10.9 Å². The summed E-state index contributed by atoms with van der Waals surface area (Å²) >= 11 is 0. The fourth-order valence-electron chi connectivity index (χ4n) is 2.22. The molecular weight excluding hydrogens is 241 g/mol. The smallest absolute Gasteiger partial charge is 0.134 e. The van der Waals surface area contributed by atoms with Crippen molar-refractivity contribution in [3.05, 3.63) is 71.2 Å². The summed E-state index contributed by atoms with van der Waals surface area (Å²) in [5.74, 6) is 0.307. The summed E-state index contributed by atoms with van der Waals surface area (Å²) < 4.78 is 19.8. The summed E-state index contributed by atoms with van der Waals surface area (Å²) in [7, 11) is 0. The molecule has 2 aromatic carbocycles. The van der Waals surface area contributed by atoms with Crippen molar-refractivity contribution < 1.29 is 8.81 Å². The number of nitrogens with two attached hydrogens (primary N) is 1. The van der Waals surface area contributed by atoms with Gasteiger partial charge < -0.3 is 10.2 Å². The lowest BCUT2D eigenvalue weighted by molar-refractivity contribution is 0.508. The van der Waals surface area contributed by atoms with E-state index in [-0.39, 0.29) is 5.82 Å². The van der Waals surface area contributed by atoms with Crippen molar-refractivity contribution in [3.8, 4) is 0 Å². The normalized spacial score (nSPS) is 12.8. The lowest BCUT2D eigenvalue weighted by Gasteiger charge is -2.11. The molecule has 1 heterocycles. The monoisotopic (exact) mass is 255 g/mol. The number of aryl methyl sites for hydroxylation is 1. The number of para-hydroxylation sites is 1. The van der Waals surface area contributed by atoms with Gasteiger partial charge in [0.05, 0.1) is 6.04 Å². The van der Waals surface area contributed by atoms with Gasteiger partial charge in [0.2, 0.25) is 0 Å². The Bertz CT molecular complexity index is 699. The summed E-state index contributed by atoms with van der Waals surface area (Å²) in [6, 6.07) is 14.1. The van der Waals surface area contributed by atoms with Crippen molar-refractivity contribution in [1.82, 2.24) is 0 Å². The predicted octanol–water partition coefficient (Wildman–Crippen LogP) is 3.93. The molecule has 3 rings (SSSR count). The van der Waals surface area contributed by atoms with E-state index in [1.165, 1.54) is 0 Å². The lowest BCUT2D eigenvalue weighted by Crippen LogP contribution is -2.13. The predicted molar refractivity (Wildman–Crippen MR) is 73.4 cm³/mol. The Morgan fingerprint density at radius 2 is 1.89 bits per heavy atom. The third kappa shape index (κ3) is 2.02. The number of hydrogen-bond donors (Lipinski definition) is 1. The van der Waals surface area contributed by atoms with Crippen LogP contribution in [0, 0.1) is 12.7 Å². The van der Waals surface area contributed by atoms with E-state index in [9.17, 15) is 4.39 Å². The highest BCUT2D eigenvalue weighted by atomic mass is 19.1. The first-order valence-corrected chi connectivity index (χ1v) is 6.16. The second kappa shape index (κ2) is 4.52. The summed E-state index contributed by atoms with van der Waals surface area (Å²) in [5.41, 5.74) is 7.93. The van der Waals surface area contributed by atoms with Gasteiger partial charge in [-0.15, -0.1) is 0 Å². The van der Waals surface area contributed by atoms with Crippen LogP contribution in [0.3, 0.4) is 0 Å². The molecule has 0 aliphatic rings. The first kappa shape index (κ1) is 11.9. The number of hydrogen-bond acceptors (Lipinski definition) is 2. The van der Waals surface area contributed by atoms with Crippen molar-refractivity contribution in [2.75, 3.05) is 0 Å². The molecule has 0 aliphatic heterocycles. The van der Waals surface area contributed by atoms with Gasteiger partial charge >= 0.3 is 0 Å². The Labute approximate surface area is 110 Å². The number of benzene rings is 2. The number of rotatable bonds is 2. The van der Waals surface area contributed by atoms with Gasteiger partial charge in [0.15, 0.2) is 0 Å². The van der Waals surface area contributed by atoms with E-state index >= 15 is 0 Å². The van der Waals surface area contributed by atoms with Crippen molar-refractivity contribution in [1.29, 1.82) is 0 Å². The molecule has 1 aromatic heterocycles. The number of furan rings is 1. The molecule has 1 unspecified atom stereocenters. The topological polar surface area (TPSA) is 39.2 Å². The number of fused-ring (bicyclic) bond motifs is 1. The molecule has 0 fully saturated rings. The molecule has 3 heteroatoms. The van der Waals surface area contributed by atoms with Crippen LogP contribution in [0.4, 0.5) is 4.39 Å². The van der Waals surface area contributed by atoms with Gasteiger partial charge in [-0.1, -0.05) is 36.4 Å². The molecule has 2 N–H and O–H groups in total. The maximum Gasteiger partial charge on any atom is 0.134 e. The Morgan fingerprint density at radius 1 is 1.11 bits per heavy atom. The van der Waals surface area contributed by atoms with E-state index in [4.69, 9.17) is 10.2 Å². The van der Waals surface area contributed by atoms with Crippen LogP contribution in [-0.2, 0) is 0 Å². The van der Waals surface area contributed by atoms with Gasteiger partial charge in [-0.25, -0.2) is 4.39 Å². The second-order valence-electron chi connectivity index (χ2n) is 4.64. The summed E-state index contributed by atoms with van der Waals surface area (Å²) in [4.78, 5) is 0. The van der Waals surface area contributed by atoms with Crippen LogP contribution in [0.2, 0.25) is 0 Å². The van der Waals surface area contributed by atoms with Crippen LogP contribution in [0.25, 0.3) is 11.0 Å². The van der Waals surface area contributed by atoms with Crippen molar-refractivity contribution in [3.63, 3.8) is 0 Å². The highest BCUT2D eigenvalue weighted by molar-refractivity contribution is 5.77. The zero-order chi connectivity index (χ0) is 13.4. The molecule has 0 radical (unpaired) electrons. The van der Waals surface area contributed by atoms with Gasteiger partial charge in [-0.3, -0.25) is 0 Å². The standard InChI is InChI=1S/C16H14FNO/c1-10-5-4-7-12(15(10)17)16(18)14-9-11-6-2-3-8-13(11)19-14/h2-9,16H,18H2,1H3. The highest BCUT2D eigenvalue weighted by Crippen LogP contribution is 2.28. The molecule has 0 bridgehead atoms. The molecule has 19 heavy (non-hydrogen) atoms. The molecule has 0 amide bonds. The molecule has 2 nitrogen and oxygen atoms in total. The van der Waals surface area contributed by atoms with Gasteiger partial charge in [-0.05, 0) is 24.6 Å². The zero-order valence-corrected chi connectivity index (χ0v) is 10.6. The lowest BCUT2D eigenvalue weighted by atomic mass is 10.0. The average molecular weight is 255 g/mol. The molecule has 96 valence electrons. The van der Waals surface area contributed by atoms with Crippen LogP contribution >= 0.6 is 0 Å². The maximum absolute atomic E-state index is 14.1. The quantitative estimate of drug-likeness (QED) is 0.753. The highest BCUT2D eigenvalue weighted by Gasteiger charge is 2.18. The van der Waals surface area contributed by atoms with Crippen molar-refractivity contribution in [2.45, 2.75) is 13.0 Å². The third-order valence-electron chi connectivity index (χ3n) is 3.31. The average Bonchev–Trinajstić information content (AvgIpc) is 2.85. The SMILES string of the molecule is Cc1cccc(C(N)c2cc3ccccc3o2)c1F. The molecule has 0 saturated carbocycles. The van der Waals surface area contributed by atoms with E-state index in [0.717, 1.165) is 11.0 Å². The summed E-state index contributed by atoms with van der Waals surface area (Å²) in [6.07, 6.45) is 0. The first-order valence-electron chi connectivity index (χ1n) is 6.16. The summed E-state index contributed by atoms with van der Waals surface area (Å²) in [6.45, 7) is 1.73. The van der Waals surface area contributed by atoms with Crippen molar-refractivity contribution >= 4 is 11.0 Å². The van der Waals surface area contributed by atoms with Crippen LogP contribution in [0.1, 0.15) is 22.9 Å². The van der Waals surface area contributed by atoms with Crippen LogP contribution < -0.4 is 5.73 Å². The van der Waals surface area contributed by atoms with Crippen molar-refractivity contribution in [2.24, 2.45) is 5.73 Å². The maximum atomic E-state index is 14.1. The van der Waals surface area contributed by atoms with Crippen LogP contribution in [-0.4, -0.2) is 0 Å². The minimum atomic E-state index is -0.590. The van der Waals surface area contributed by atoms with E-state index in [1.54, 1.807) is 25.1 Å². The molecule has 1 atom stereocenters. The van der Waals surface area contributed by atoms with Crippen LogP contribution in [0.15, 0.2) is 52.9 Å². The Kier molecular flexibility index (Phi) is 2.84. The van der Waals surface area contributed by atoms with Gasteiger partial charge in [-0.2, -0.15) is 0 Å². The van der Waals surface area contributed by atoms with Gasteiger partial charge in [0.25, 0.3) is 0 Å². The fraction of sp³-hybridized carbons (Fsp3) is 0.125. The van der Waals surface area contributed by atoms with E-state index < -0.39 is 6.04 Å². The number of halogens is 1. The second-order valence-corrected chi connectivity index (χ2v) is 4.64. The Balaban J connectivity index is 2.08. The third-order valence-corrected chi connectivity index (χ3v) is 3.31. The minimum Gasteiger partial charge on any atom is -0.459 e. The Morgan fingerprint density at radius 3 is 2.68 bits per heavy atom. The largest absolute Gasteiger partial charge is 0.459 e. The molecule has 0 aliphatic carbocycles.